The molecule has 3 nitrogen and oxygen atoms in total. The van der Waals surface area contributed by atoms with Crippen molar-refractivity contribution in [3.63, 3.8) is 0 Å². The highest BCUT2D eigenvalue weighted by Crippen LogP contribution is 2.26. The summed E-state index contributed by atoms with van der Waals surface area (Å²) in [6.07, 6.45) is 1.70. The number of aryl methyl sites for hydroxylation is 2. The smallest absolute Gasteiger partial charge is 0.123 e. The Bertz CT molecular complexity index is 610. The summed E-state index contributed by atoms with van der Waals surface area (Å²) in [6, 6.07) is 6.73. The van der Waals surface area contributed by atoms with Gasteiger partial charge in [0.2, 0.25) is 0 Å². The van der Waals surface area contributed by atoms with Crippen LogP contribution < -0.4 is 5.32 Å². The summed E-state index contributed by atoms with van der Waals surface area (Å²) < 4.78 is 15.3. The van der Waals surface area contributed by atoms with Crippen LogP contribution in [0.1, 0.15) is 36.3 Å². The van der Waals surface area contributed by atoms with E-state index in [1.165, 1.54) is 6.07 Å². The summed E-state index contributed by atoms with van der Waals surface area (Å²) in [6.45, 7) is 4.87. The summed E-state index contributed by atoms with van der Waals surface area (Å²) in [5.41, 5.74) is 2.72. The molecule has 1 heterocycles. The molecule has 1 atom stereocenters. The fourth-order valence-electron chi connectivity index (χ4n) is 2.44. The van der Waals surface area contributed by atoms with E-state index < -0.39 is 0 Å². The molecule has 2 rings (SSSR count). The highest BCUT2D eigenvalue weighted by atomic mass is 35.5. The van der Waals surface area contributed by atoms with Crippen LogP contribution in [0.5, 0.6) is 0 Å². The molecule has 0 aliphatic carbocycles. The van der Waals surface area contributed by atoms with Gasteiger partial charge in [0.05, 0.1) is 16.4 Å². The van der Waals surface area contributed by atoms with Crippen LogP contribution in [0.2, 0.25) is 5.02 Å². The van der Waals surface area contributed by atoms with Crippen LogP contribution >= 0.6 is 11.6 Å². The number of hydrogen-bond acceptors (Lipinski definition) is 2. The molecule has 0 amide bonds. The van der Waals surface area contributed by atoms with Gasteiger partial charge in [-0.05, 0) is 37.6 Å². The molecule has 5 heteroatoms. The van der Waals surface area contributed by atoms with Crippen LogP contribution in [-0.2, 0) is 13.5 Å². The van der Waals surface area contributed by atoms with Gasteiger partial charge in [0.1, 0.15) is 5.82 Å². The van der Waals surface area contributed by atoms with Crippen LogP contribution in [0.3, 0.4) is 0 Å². The fraction of sp³-hybridized carbons (Fsp3) is 0.438. The van der Waals surface area contributed by atoms with Crippen LogP contribution in [0.25, 0.3) is 0 Å². The third kappa shape index (κ3) is 3.83. The maximum Gasteiger partial charge on any atom is 0.123 e. The maximum absolute atomic E-state index is 13.5. The number of nitrogens with zero attached hydrogens (tertiary/aromatic N) is 2. The van der Waals surface area contributed by atoms with Gasteiger partial charge in [-0.1, -0.05) is 30.7 Å². The quantitative estimate of drug-likeness (QED) is 0.879. The number of benzene rings is 1. The third-order valence-electron chi connectivity index (χ3n) is 3.55. The topological polar surface area (TPSA) is 29.9 Å². The Balaban J connectivity index is 2.28. The van der Waals surface area contributed by atoms with E-state index >= 15 is 0 Å². The predicted molar refractivity (Wildman–Crippen MR) is 84.1 cm³/mol. The lowest BCUT2D eigenvalue weighted by Gasteiger charge is -2.19. The first-order valence-electron chi connectivity index (χ1n) is 7.19. The van der Waals surface area contributed by atoms with Gasteiger partial charge in [-0.15, -0.1) is 0 Å². The Morgan fingerprint density at radius 3 is 2.76 bits per heavy atom. The molecule has 0 aliphatic rings. The second kappa shape index (κ2) is 7.05. The Hall–Kier alpha value is -1.39. The molecule has 0 fully saturated rings. The molecule has 0 bridgehead atoms. The summed E-state index contributed by atoms with van der Waals surface area (Å²) in [5, 5.41) is 8.49. The van der Waals surface area contributed by atoms with Gasteiger partial charge in [-0.2, -0.15) is 5.10 Å². The monoisotopic (exact) mass is 309 g/mol. The summed E-state index contributed by atoms with van der Waals surface area (Å²) in [7, 11) is 1.89. The summed E-state index contributed by atoms with van der Waals surface area (Å²) >= 11 is 6.33. The second-order valence-corrected chi connectivity index (χ2v) is 5.61. The zero-order valence-corrected chi connectivity index (χ0v) is 13.4. The van der Waals surface area contributed by atoms with E-state index in [9.17, 15) is 4.39 Å². The molecule has 1 unspecified atom stereocenters. The number of nitrogens with one attached hydrogen (secondary N) is 1. The highest BCUT2D eigenvalue weighted by Gasteiger charge is 2.18. The molecule has 114 valence electrons. The van der Waals surface area contributed by atoms with Crippen LogP contribution in [0, 0.1) is 12.7 Å². The zero-order valence-electron chi connectivity index (χ0n) is 12.7. The van der Waals surface area contributed by atoms with Gasteiger partial charge in [-0.25, -0.2) is 4.39 Å². The van der Waals surface area contributed by atoms with Gasteiger partial charge in [-0.3, -0.25) is 4.68 Å². The molecule has 0 aliphatic heterocycles. The molecule has 1 aromatic carbocycles. The van der Waals surface area contributed by atoms with Crippen LogP contribution in [0.4, 0.5) is 4.39 Å². The van der Waals surface area contributed by atoms with E-state index in [-0.39, 0.29) is 11.9 Å². The van der Waals surface area contributed by atoms with Crippen molar-refractivity contribution >= 4 is 11.6 Å². The molecule has 1 aromatic heterocycles. The van der Waals surface area contributed by atoms with Crippen molar-refractivity contribution < 1.29 is 4.39 Å². The molecular weight excluding hydrogens is 289 g/mol. The van der Waals surface area contributed by atoms with Crippen LogP contribution in [-0.4, -0.2) is 16.3 Å². The molecule has 0 spiro atoms. The van der Waals surface area contributed by atoms with Crippen molar-refractivity contribution in [3.05, 3.63) is 52.1 Å². The number of hydrogen-bond donors (Lipinski definition) is 1. The SMILES string of the molecule is CCCNC(Cc1c(Cl)c(C)nn1C)c1cccc(F)c1. The van der Waals surface area contributed by atoms with Gasteiger partial charge in [0, 0.05) is 19.5 Å². The standard InChI is InChI=1S/C16H21ClFN3/c1-4-8-19-14(12-6-5-7-13(18)9-12)10-15-16(17)11(2)20-21(15)3/h5-7,9,14,19H,4,8,10H2,1-3H3. The Kier molecular flexibility index (Phi) is 5.37. The first kappa shape index (κ1) is 16.0. The zero-order chi connectivity index (χ0) is 15.4. The first-order valence-corrected chi connectivity index (χ1v) is 7.57. The molecule has 1 N–H and O–H groups in total. The van der Waals surface area contributed by atoms with E-state index in [0.29, 0.717) is 11.4 Å². The van der Waals surface area contributed by atoms with Gasteiger partial charge < -0.3 is 5.32 Å². The lowest BCUT2D eigenvalue weighted by molar-refractivity contribution is 0.508. The van der Waals surface area contributed by atoms with Gasteiger partial charge >= 0.3 is 0 Å². The van der Waals surface area contributed by atoms with E-state index in [2.05, 4.69) is 17.3 Å². The average molecular weight is 310 g/mol. The molecule has 0 saturated carbocycles. The molecule has 0 radical (unpaired) electrons. The minimum absolute atomic E-state index is 0.0212. The second-order valence-electron chi connectivity index (χ2n) is 5.24. The minimum atomic E-state index is -0.219. The number of halogens is 2. The Morgan fingerprint density at radius 2 is 2.19 bits per heavy atom. The maximum atomic E-state index is 13.5. The summed E-state index contributed by atoms with van der Waals surface area (Å²) in [4.78, 5) is 0. The van der Waals surface area contributed by atoms with Gasteiger partial charge in [0.15, 0.2) is 0 Å². The Morgan fingerprint density at radius 1 is 1.43 bits per heavy atom. The molecular formula is C16H21ClFN3. The lowest BCUT2D eigenvalue weighted by atomic mass is 10.0. The van der Waals surface area contributed by atoms with E-state index in [1.54, 1.807) is 16.8 Å². The Labute approximate surface area is 130 Å². The van der Waals surface area contributed by atoms with E-state index in [0.717, 1.165) is 29.9 Å². The highest BCUT2D eigenvalue weighted by molar-refractivity contribution is 6.31. The minimum Gasteiger partial charge on any atom is -0.310 e. The van der Waals surface area contributed by atoms with Crippen molar-refractivity contribution in [2.45, 2.75) is 32.7 Å². The predicted octanol–water partition coefficient (Wildman–Crippen LogP) is 3.80. The third-order valence-corrected chi connectivity index (χ3v) is 4.04. The van der Waals surface area contributed by atoms with Crippen LogP contribution in [0.15, 0.2) is 24.3 Å². The largest absolute Gasteiger partial charge is 0.310 e. The average Bonchev–Trinajstić information content (AvgIpc) is 2.69. The van der Waals surface area contributed by atoms with Crippen molar-refractivity contribution in [2.75, 3.05) is 6.54 Å². The van der Waals surface area contributed by atoms with Gasteiger partial charge in [0.25, 0.3) is 0 Å². The summed E-state index contributed by atoms with van der Waals surface area (Å²) in [5.74, 6) is -0.219. The fourth-order valence-corrected chi connectivity index (χ4v) is 2.68. The van der Waals surface area contributed by atoms with E-state index in [4.69, 9.17) is 11.6 Å². The number of rotatable bonds is 6. The van der Waals surface area contributed by atoms with E-state index in [1.807, 2.05) is 20.0 Å². The van der Waals surface area contributed by atoms with Crippen molar-refractivity contribution in [2.24, 2.45) is 7.05 Å². The lowest BCUT2D eigenvalue weighted by Crippen LogP contribution is -2.25. The van der Waals surface area contributed by atoms with Crippen molar-refractivity contribution in [3.8, 4) is 0 Å². The van der Waals surface area contributed by atoms with Crippen molar-refractivity contribution in [1.29, 1.82) is 0 Å². The molecule has 2 aromatic rings. The molecule has 21 heavy (non-hydrogen) atoms. The normalized spacial score (nSPS) is 12.6. The number of aromatic nitrogens is 2. The first-order chi connectivity index (χ1) is 10.0. The molecule has 0 saturated heterocycles. The van der Waals surface area contributed by atoms with Crippen molar-refractivity contribution in [1.82, 2.24) is 15.1 Å².